The lowest BCUT2D eigenvalue weighted by Crippen LogP contribution is -2.48. The summed E-state index contributed by atoms with van der Waals surface area (Å²) in [5.41, 5.74) is 0.723. The first-order valence-corrected chi connectivity index (χ1v) is 9.35. The van der Waals surface area contributed by atoms with E-state index in [2.05, 4.69) is 5.32 Å². The minimum absolute atomic E-state index is 0.173. The Hall–Kier alpha value is -3.41. The Morgan fingerprint density at radius 2 is 1.72 bits per heavy atom. The van der Waals surface area contributed by atoms with E-state index in [1.165, 1.54) is 24.1 Å². The molecular weight excluding hydrogens is 371 g/mol. The Balaban J connectivity index is 1.78. The van der Waals surface area contributed by atoms with Crippen LogP contribution in [0.15, 0.2) is 66.7 Å². The van der Waals surface area contributed by atoms with Crippen molar-refractivity contribution in [2.75, 3.05) is 13.7 Å². The Kier molecular flexibility index (Phi) is 6.44. The molecule has 0 heterocycles. The number of fused-ring (bicyclic) bond motifs is 1. The molecule has 1 atom stereocenters. The summed E-state index contributed by atoms with van der Waals surface area (Å²) in [4.78, 5) is 26.5. The van der Waals surface area contributed by atoms with Crippen LogP contribution in [0.1, 0.15) is 12.5 Å². The fourth-order valence-electron chi connectivity index (χ4n) is 3.12. The smallest absolute Gasteiger partial charge is 0.261 e. The number of carbonyl (C=O) groups is 2. The Morgan fingerprint density at radius 3 is 2.45 bits per heavy atom. The van der Waals surface area contributed by atoms with Crippen molar-refractivity contribution in [2.45, 2.75) is 19.5 Å². The number of rotatable bonds is 7. The largest absolute Gasteiger partial charge is 0.483 e. The van der Waals surface area contributed by atoms with E-state index in [1.54, 1.807) is 19.1 Å². The first kappa shape index (κ1) is 20.3. The minimum Gasteiger partial charge on any atom is -0.483 e. The second-order valence-electron chi connectivity index (χ2n) is 6.70. The molecule has 2 amide bonds. The summed E-state index contributed by atoms with van der Waals surface area (Å²) in [5.74, 6) is -0.375. The molecule has 1 N–H and O–H groups in total. The van der Waals surface area contributed by atoms with Crippen molar-refractivity contribution in [1.82, 2.24) is 10.2 Å². The highest BCUT2D eigenvalue weighted by atomic mass is 19.1. The highest BCUT2D eigenvalue weighted by Crippen LogP contribution is 2.25. The van der Waals surface area contributed by atoms with Gasteiger partial charge in [0.1, 0.15) is 17.6 Å². The molecule has 0 fully saturated rings. The maximum absolute atomic E-state index is 13.2. The van der Waals surface area contributed by atoms with Crippen molar-refractivity contribution in [3.8, 4) is 5.75 Å². The summed E-state index contributed by atoms with van der Waals surface area (Å²) in [7, 11) is 1.52. The van der Waals surface area contributed by atoms with E-state index >= 15 is 0 Å². The molecule has 3 aromatic rings. The lowest BCUT2D eigenvalue weighted by Gasteiger charge is -2.28. The van der Waals surface area contributed by atoms with Crippen LogP contribution in [0.4, 0.5) is 4.39 Å². The SMILES string of the molecule is CNC(=O)[C@H](C)N(Cc1ccc(F)cc1)C(=O)COc1cccc2ccccc12. The molecule has 0 spiro atoms. The lowest BCUT2D eigenvalue weighted by atomic mass is 10.1. The molecule has 5 nitrogen and oxygen atoms in total. The first-order chi connectivity index (χ1) is 14.0. The van der Waals surface area contributed by atoms with Crippen LogP contribution in [0.2, 0.25) is 0 Å². The highest BCUT2D eigenvalue weighted by Gasteiger charge is 2.26. The number of ether oxygens (including phenoxy) is 1. The molecule has 29 heavy (non-hydrogen) atoms. The molecule has 3 aromatic carbocycles. The number of hydrogen-bond acceptors (Lipinski definition) is 3. The van der Waals surface area contributed by atoms with Gasteiger partial charge in [0.05, 0.1) is 0 Å². The van der Waals surface area contributed by atoms with E-state index < -0.39 is 6.04 Å². The molecule has 0 saturated carbocycles. The molecule has 3 rings (SSSR count). The number of benzene rings is 3. The van der Waals surface area contributed by atoms with Crippen LogP contribution in [0.5, 0.6) is 5.75 Å². The number of likely N-dealkylation sites (N-methyl/N-ethyl adjacent to an activating group) is 1. The molecule has 0 unspecified atom stereocenters. The van der Waals surface area contributed by atoms with Gasteiger partial charge in [-0.05, 0) is 36.1 Å². The molecule has 0 aromatic heterocycles. The number of amides is 2. The van der Waals surface area contributed by atoms with Crippen molar-refractivity contribution >= 4 is 22.6 Å². The zero-order valence-electron chi connectivity index (χ0n) is 16.4. The molecule has 0 saturated heterocycles. The highest BCUT2D eigenvalue weighted by molar-refractivity contribution is 5.90. The molecule has 6 heteroatoms. The average molecular weight is 394 g/mol. The second-order valence-corrected chi connectivity index (χ2v) is 6.70. The molecule has 150 valence electrons. The van der Waals surface area contributed by atoms with Crippen molar-refractivity contribution in [2.24, 2.45) is 0 Å². The number of halogens is 1. The normalized spacial score (nSPS) is 11.7. The van der Waals surface area contributed by atoms with Gasteiger partial charge in [-0.25, -0.2) is 4.39 Å². The number of nitrogens with one attached hydrogen (secondary N) is 1. The topological polar surface area (TPSA) is 58.6 Å². The Bertz CT molecular complexity index is 999. The van der Waals surface area contributed by atoms with Gasteiger partial charge in [-0.2, -0.15) is 0 Å². The van der Waals surface area contributed by atoms with Crippen molar-refractivity contribution in [3.63, 3.8) is 0 Å². The summed E-state index contributed by atoms with van der Waals surface area (Å²) in [6, 6.07) is 18.5. The first-order valence-electron chi connectivity index (χ1n) is 9.35. The predicted octanol–water partition coefficient (Wildman–Crippen LogP) is 3.52. The fraction of sp³-hybridized carbons (Fsp3) is 0.217. The number of carbonyl (C=O) groups excluding carboxylic acids is 2. The van der Waals surface area contributed by atoms with Gasteiger partial charge in [-0.3, -0.25) is 9.59 Å². The number of hydrogen-bond donors (Lipinski definition) is 1. The standard InChI is InChI=1S/C23H23FN2O3/c1-16(23(28)25-2)26(14-17-10-12-19(24)13-11-17)22(27)15-29-21-9-5-7-18-6-3-4-8-20(18)21/h3-13,16H,14-15H2,1-2H3,(H,25,28)/t16-/m0/s1. The van der Waals surface area contributed by atoms with Crippen LogP contribution in [-0.4, -0.2) is 36.4 Å². The summed E-state index contributed by atoms with van der Waals surface area (Å²) in [5, 5.41) is 4.48. The zero-order valence-corrected chi connectivity index (χ0v) is 16.4. The third kappa shape index (κ3) is 4.90. The maximum Gasteiger partial charge on any atom is 0.261 e. The second kappa shape index (κ2) is 9.19. The molecular formula is C23H23FN2O3. The van der Waals surface area contributed by atoms with Gasteiger partial charge in [-0.1, -0.05) is 48.5 Å². The summed E-state index contributed by atoms with van der Waals surface area (Å²) in [6.45, 7) is 1.61. The monoisotopic (exact) mass is 394 g/mol. The Morgan fingerprint density at radius 1 is 1.03 bits per heavy atom. The van der Waals surface area contributed by atoms with Crippen LogP contribution < -0.4 is 10.1 Å². The number of nitrogens with zero attached hydrogens (tertiary/aromatic N) is 1. The van der Waals surface area contributed by atoms with Gasteiger partial charge in [0.2, 0.25) is 5.91 Å². The van der Waals surface area contributed by atoms with Crippen LogP contribution >= 0.6 is 0 Å². The molecule has 0 aliphatic rings. The summed E-state index contributed by atoms with van der Waals surface area (Å²) >= 11 is 0. The van der Waals surface area contributed by atoms with Crippen LogP contribution in [0.3, 0.4) is 0 Å². The van der Waals surface area contributed by atoms with Gasteiger partial charge >= 0.3 is 0 Å². The molecule has 0 bridgehead atoms. The minimum atomic E-state index is -0.700. The van der Waals surface area contributed by atoms with Gasteiger partial charge in [0.15, 0.2) is 6.61 Å². The van der Waals surface area contributed by atoms with Crippen LogP contribution in [-0.2, 0) is 16.1 Å². The van der Waals surface area contributed by atoms with Gasteiger partial charge in [0, 0.05) is 19.0 Å². The van der Waals surface area contributed by atoms with E-state index in [1.807, 2.05) is 42.5 Å². The average Bonchev–Trinajstić information content (AvgIpc) is 2.76. The Labute approximate surface area is 169 Å². The molecule has 0 aliphatic carbocycles. The van der Waals surface area contributed by atoms with E-state index in [0.717, 1.165) is 16.3 Å². The van der Waals surface area contributed by atoms with Gasteiger partial charge in [-0.15, -0.1) is 0 Å². The summed E-state index contributed by atoms with van der Waals surface area (Å²) in [6.07, 6.45) is 0. The quantitative estimate of drug-likeness (QED) is 0.667. The summed E-state index contributed by atoms with van der Waals surface area (Å²) < 4.78 is 19.0. The van der Waals surface area contributed by atoms with Crippen LogP contribution in [0.25, 0.3) is 10.8 Å². The zero-order chi connectivity index (χ0) is 20.8. The molecule has 0 aliphatic heterocycles. The predicted molar refractivity (Wildman–Crippen MR) is 110 cm³/mol. The van der Waals surface area contributed by atoms with E-state index in [0.29, 0.717) is 5.75 Å². The third-order valence-corrected chi connectivity index (χ3v) is 4.78. The van der Waals surface area contributed by atoms with Crippen molar-refractivity contribution in [1.29, 1.82) is 0 Å². The lowest BCUT2D eigenvalue weighted by molar-refractivity contribution is -0.142. The molecule has 0 radical (unpaired) electrons. The van der Waals surface area contributed by atoms with Gasteiger partial charge in [0.25, 0.3) is 5.91 Å². The fourth-order valence-corrected chi connectivity index (χ4v) is 3.12. The maximum atomic E-state index is 13.2. The van der Waals surface area contributed by atoms with E-state index in [9.17, 15) is 14.0 Å². The van der Waals surface area contributed by atoms with Crippen molar-refractivity contribution in [3.05, 3.63) is 78.1 Å². The van der Waals surface area contributed by atoms with Crippen LogP contribution in [0, 0.1) is 5.82 Å². The third-order valence-electron chi connectivity index (χ3n) is 4.78. The van der Waals surface area contributed by atoms with E-state index in [-0.39, 0.29) is 30.8 Å². The van der Waals surface area contributed by atoms with Gasteiger partial charge < -0.3 is 15.0 Å². The van der Waals surface area contributed by atoms with Crippen molar-refractivity contribution < 1.29 is 18.7 Å². The van der Waals surface area contributed by atoms with E-state index in [4.69, 9.17) is 4.74 Å².